The Bertz CT molecular complexity index is 1550. The number of benzene rings is 2. The normalized spacial score (nSPS) is 15.2. The fourth-order valence-corrected chi connectivity index (χ4v) is 6.13. The van der Waals surface area contributed by atoms with Crippen LogP contribution in [-0.4, -0.2) is 45.5 Å². The molecule has 2 heterocycles. The molecular weight excluding hydrogens is 605 g/mol. The second-order valence-electron chi connectivity index (χ2n) is 8.53. The molecule has 37 heavy (non-hydrogen) atoms. The molecule has 0 saturated carbocycles. The predicted octanol–water partition coefficient (Wildman–Crippen LogP) is 3.49. The third kappa shape index (κ3) is 5.17. The molecule has 3 aromatic rings. The lowest BCUT2D eigenvalue weighted by Crippen LogP contribution is -2.39. The zero-order chi connectivity index (χ0) is 26.9. The van der Waals surface area contributed by atoms with Crippen molar-refractivity contribution < 1.29 is 19.0 Å². The molecule has 0 fully saturated rings. The number of nitrogens with zero attached hydrogens (tertiary/aromatic N) is 3. The predicted molar refractivity (Wildman–Crippen MR) is 153 cm³/mol. The number of fused-ring (bicyclic) bond motifs is 1. The Balaban J connectivity index is 1.93. The molecule has 1 aromatic heterocycles. The van der Waals surface area contributed by atoms with Gasteiger partial charge in [-0.1, -0.05) is 23.5 Å². The summed E-state index contributed by atoms with van der Waals surface area (Å²) >= 11 is 3.46. The van der Waals surface area contributed by atoms with Gasteiger partial charge in [-0.25, -0.2) is 9.79 Å². The molecule has 0 spiro atoms. The molecular formula is C27H28IN3O5S. The van der Waals surface area contributed by atoms with Crippen molar-refractivity contribution in [1.82, 2.24) is 4.57 Å². The van der Waals surface area contributed by atoms with Crippen molar-refractivity contribution in [3.05, 3.63) is 82.1 Å². The van der Waals surface area contributed by atoms with E-state index in [1.807, 2.05) is 61.5 Å². The summed E-state index contributed by atoms with van der Waals surface area (Å²) in [7, 11) is 7.09. The van der Waals surface area contributed by atoms with Crippen LogP contribution in [0.15, 0.2) is 57.5 Å². The molecule has 1 aliphatic heterocycles. The number of ether oxygens (including phenoxy) is 3. The van der Waals surface area contributed by atoms with Gasteiger partial charge in [-0.15, -0.1) is 0 Å². The molecule has 0 radical (unpaired) electrons. The highest BCUT2D eigenvalue weighted by Crippen LogP contribution is 2.34. The lowest BCUT2D eigenvalue weighted by molar-refractivity contribution is -0.139. The van der Waals surface area contributed by atoms with Crippen LogP contribution in [0.4, 0.5) is 5.69 Å². The molecule has 1 aliphatic rings. The van der Waals surface area contributed by atoms with Crippen molar-refractivity contribution in [2.75, 3.05) is 39.8 Å². The van der Waals surface area contributed by atoms with Crippen molar-refractivity contribution >= 4 is 51.7 Å². The fourth-order valence-electron chi connectivity index (χ4n) is 4.23. The highest BCUT2D eigenvalue weighted by Gasteiger charge is 2.33. The van der Waals surface area contributed by atoms with Crippen LogP contribution in [0.25, 0.3) is 6.08 Å². The molecule has 10 heteroatoms. The van der Waals surface area contributed by atoms with Gasteiger partial charge in [0.1, 0.15) is 0 Å². The Kier molecular flexibility index (Phi) is 8.08. The van der Waals surface area contributed by atoms with Crippen molar-refractivity contribution in [3.63, 3.8) is 0 Å². The quantitative estimate of drug-likeness (QED) is 0.293. The van der Waals surface area contributed by atoms with Gasteiger partial charge in [0, 0.05) is 19.8 Å². The maximum Gasteiger partial charge on any atom is 0.338 e. The number of esters is 1. The first kappa shape index (κ1) is 26.9. The summed E-state index contributed by atoms with van der Waals surface area (Å²) < 4.78 is 19.2. The molecule has 0 amide bonds. The molecule has 1 atom stereocenters. The molecule has 8 nitrogen and oxygen atoms in total. The van der Waals surface area contributed by atoms with Gasteiger partial charge >= 0.3 is 5.97 Å². The zero-order valence-corrected chi connectivity index (χ0v) is 24.5. The average Bonchev–Trinajstić information content (AvgIpc) is 3.17. The molecule has 0 saturated heterocycles. The number of carbonyl (C=O) groups is 1. The minimum atomic E-state index is -0.654. The van der Waals surface area contributed by atoms with E-state index in [2.05, 4.69) is 27.6 Å². The SMILES string of the molecule is CCOC(=O)C1=C(C)N=c2sc(=Cc3cc(I)c(OC)c(OC)c3)c(=O)n2C1c1ccc(N(C)C)cc1. The summed E-state index contributed by atoms with van der Waals surface area (Å²) in [5.74, 6) is 0.736. The number of halogens is 1. The van der Waals surface area contributed by atoms with Gasteiger partial charge in [0.15, 0.2) is 16.3 Å². The van der Waals surface area contributed by atoms with Crippen LogP contribution in [0.5, 0.6) is 11.5 Å². The van der Waals surface area contributed by atoms with Gasteiger partial charge in [-0.05, 0) is 77.9 Å². The third-order valence-corrected chi connectivity index (χ3v) is 7.78. The van der Waals surface area contributed by atoms with E-state index in [1.54, 1.807) is 32.6 Å². The minimum Gasteiger partial charge on any atom is -0.493 e. The van der Waals surface area contributed by atoms with Gasteiger partial charge in [0.2, 0.25) is 0 Å². The molecule has 1 unspecified atom stereocenters. The van der Waals surface area contributed by atoms with Crippen molar-refractivity contribution in [1.29, 1.82) is 0 Å². The summed E-state index contributed by atoms with van der Waals surface area (Å²) in [6.45, 7) is 3.76. The lowest BCUT2D eigenvalue weighted by Gasteiger charge is -2.25. The van der Waals surface area contributed by atoms with Crippen LogP contribution >= 0.6 is 33.9 Å². The highest BCUT2D eigenvalue weighted by molar-refractivity contribution is 14.1. The van der Waals surface area contributed by atoms with Crippen LogP contribution in [0, 0.1) is 3.57 Å². The van der Waals surface area contributed by atoms with Crippen molar-refractivity contribution in [3.8, 4) is 11.5 Å². The van der Waals surface area contributed by atoms with E-state index in [1.165, 1.54) is 11.3 Å². The molecule has 0 bridgehead atoms. The van der Waals surface area contributed by atoms with Crippen LogP contribution < -0.4 is 29.3 Å². The highest BCUT2D eigenvalue weighted by atomic mass is 127. The summed E-state index contributed by atoms with van der Waals surface area (Å²) in [6, 6.07) is 10.9. The number of aromatic nitrogens is 1. The minimum absolute atomic E-state index is 0.226. The van der Waals surface area contributed by atoms with Crippen molar-refractivity contribution in [2.45, 2.75) is 19.9 Å². The van der Waals surface area contributed by atoms with E-state index in [9.17, 15) is 9.59 Å². The van der Waals surface area contributed by atoms with Crippen LogP contribution in [0.1, 0.15) is 31.0 Å². The van der Waals surface area contributed by atoms with E-state index < -0.39 is 12.0 Å². The Morgan fingerprint density at radius 2 is 1.89 bits per heavy atom. The van der Waals surface area contributed by atoms with Gasteiger partial charge < -0.3 is 19.1 Å². The van der Waals surface area contributed by atoms with Gasteiger partial charge in [-0.2, -0.15) is 0 Å². The average molecular weight is 634 g/mol. The van der Waals surface area contributed by atoms with Crippen LogP contribution in [-0.2, 0) is 9.53 Å². The Labute approximate surface area is 232 Å². The number of carbonyl (C=O) groups excluding carboxylic acids is 1. The van der Waals surface area contributed by atoms with Crippen molar-refractivity contribution in [2.24, 2.45) is 4.99 Å². The Morgan fingerprint density at radius 1 is 1.19 bits per heavy atom. The summed E-state index contributed by atoms with van der Waals surface area (Å²) in [5.41, 5.74) is 3.27. The van der Waals surface area contributed by atoms with Gasteiger partial charge in [-0.3, -0.25) is 9.36 Å². The Morgan fingerprint density at radius 3 is 2.49 bits per heavy atom. The number of thiazole rings is 1. The van der Waals surface area contributed by atoms with Crippen LogP contribution in [0.3, 0.4) is 0 Å². The maximum atomic E-state index is 13.8. The molecule has 0 N–H and O–H groups in total. The van der Waals surface area contributed by atoms with E-state index in [4.69, 9.17) is 14.2 Å². The van der Waals surface area contributed by atoms with E-state index >= 15 is 0 Å². The largest absolute Gasteiger partial charge is 0.493 e. The van der Waals surface area contributed by atoms with Crippen LogP contribution in [0.2, 0.25) is 0 Å². The lowest BCUT2D eigenvalue weighted by atomic mass is 9.95. The third-order valence-electron chi connectivity index (χ3n) is 6.00. The number of hydrogen-bond acceptors (Lipinski definition) is 8. The molecule has 4 rings (SSSR count). The fraction of sp³-hybridized carbons (Fsp3) is 0.296. The molecule has 2 aromatic carbocycles. The number of hydrogen-bond donors (Lipinski definition) is 0. The van der Waals surface area contributed by atoms with E-state index in [0.717, 1.165) is 20.4 Å². The summed E-state index contributed by atoms with van der Waals surface area (Å²) in [5, 5.41) is 0. The molecule has 0 aliphatic carbocycles. The first-order chi connectivity index (χ1) is 17.7. The monoisotopic (exact) mass is 633 g/mol. The Hall–Kier alpha value is -3.12. The number of anilines is 1. The number of methoxy groups -OCH3 is 2. The van der Waals surface area contributed by atoms with E-state index in [-0.39, 0.29) is 12.2 Å². The van der Waals surface area contributed by atoms with Gasteiger partial charge in [0.25, 0.3) is 5.56 Å². The smallest absolute Gasteiger partial charge is 0.338 e. The second kappa shape index (κ2) is 11.1. The maximum absolute atomic E-state index is 13.8. The topological polar surface area (TPSA) is 82.4 Å². The molecule has 194 valence electrons. The first-order valence-corrected chi connectivity index (χ1v) is 13.5. The first-order valence-electron chi connectivity index (χ1n) is 11.6. The number of allylic oxidation sites excluding steroid dienone is 1. The second-order valence-corrected chi connectivity index (χ2v) is 10.7. The zero-order valence-electron chi connectivity index (χ0n) is 21.5. The summed E-state index contributed by atoms with van der Waals surface area (Å²) in [6.07, 6.45) is 1.81. The van der Waals surface area contributed by atoms with E-state index in [0.29, 0.717) is 32.1 Å². The summed E-state index contributed by atoms with van der Waals surface area (Å²) in [4.78, 5) is 34.0. The number of rotatable bonds is 7. The van der Waals surface area contributed by atoms with Gasteiger partial charge in [0.05, 0.1) is 46.2 Å². The standard InChI is InChI=1S/C27H28IN3O5S/c1-7-36-26(33)22-15(2)29-27-31(23(22)17-8-10-18(11-9-17)30(3)4)25(32)21(37-27)14-16-12-19(28)24(35-6)20(13-16)34-5/h8-14,23H,7H2,1-6H3.